The Bertz CT molecular complexity index is 977. The highest BCUT2D eigenvalue weighted by Gasteiger charge is 2.59. The van der Waals surface area contributed by atoms with Crippen molar-refractivity contribution >= 4 is 28.8 Å². The predicted molar refractivity (Wildman–Crippen MR) is 106 cm³/mol. The third kappa shape index (κ3) is 2.79. The number of aromatic nitrogens is 2. The molecule has 1 aromatic carbocycles. The maximum Gasteiger partial charge on any atom is 0.240 e. The molecule has 0 spiro atoms. The average Bonchev–Trinajstić information content (AvgIpc) is 3.45. The van der Waals surface area contributed by atoms with Crippen molar-refractivity contribution in [3.8, 4) is 0 Å². The first kappa shape index (κ1) is 18.1. The maximum atomic E-state index is 12.8. The highest BCUT2D eigenvalue weighted by atomic mass is 16.2. The fourth-order valence-electron chi connectivity index (χ4n) is 5.15. The molecule has 2 aromatic rings. The lowest BCUT2D eigenvalue weighted by molar-refractivity contribution is -0.144. The van der Waals surface area contributed by atoms with Gasteiger partial charge in [-0.1, -0.05) is 38.1 Å². The van der Waals surface area contributed by atoms with Crippen LogP contribution in [-0.4, -0.2) is 39.1 Å². The van der Waals surface area contributed by atoms with Gasteiger partial charge >= 0.3 is 0 Å². The minimum atomic E-state index is -0.342. The molecule has 29 heavy (non-hydrogen) atoms. The molecule has 1 saturated heterocycles. The van der Waals surface area contributed by atoms with Crippen LogP contribution in [-0.2, 0) is 14.4 Å². The van der Waals surface area contributed by atoms with Gasteiger partial charge in [-0.15, -0.1) is 0 Å². The summed E-state index contributed by atoms with van der Waals surface area (Å²) < 4.78 is 0. The van der Waals surface area contributed by atoms with E-state index in [4.69, 9.17) is 0 Å². The summed E-state index contributed by atoms with van der Waals surface area (Å²) in [4.78, 5) is 47.4. The van der Waals surface area contributed by atoms with E-state index in [0.29, 0.717) is 5.82 Å². The van der Waals surface area contributed by atoms with Crippen molar-refractivity contribution in [1.82, 2.24) is 20.2 Å². The molecule has 7 heteroatoms. The summed E-state index contributed by atoms with van der Waals surface area (Å²) in [7, 11) is 0. The highest BCUT2D eigenvalue weighted by molar-refractivity contribution is 6.08. The second kappa shape index (κ2) is 6.54. The normalized spacial score (nSPS) is 28.6. The highest BCUT2D eigenvalue weighted by Crippen LogP contribution is 2.52. The van der Waals surface area contributed by atoms with Crippen LogP contribution in [0.2, 0.25) is 0 Å². The zero-order valence-corrected chi connectivity index (χ0v) is 16.5. The number of amides is 3. The Balaban J connectivity index is 1.31. The summed E-state index contributed by atoms with van der Waals surface area (Å²) in [5, 5.41) is 2.97. The Morgan fingerprint density at radius 3 is 2.45 bits per heavy atom. The van der Waals surface area contributed by atoms with E-state index in [1.54, 1.807) is 0 Å². The zero-order valence-electron chi connectivity index (χ0n) is 16.5. The molecule has 2 fully saturated rings. The number of para-hydroxylation sites is 2. The van der Waals surface area contributed by atoms with E-state index < -0.39 is 0 Å². The first-order valence-electron chi connectivity index (χ1n) is 10.2. The Hall–Kier alpha value is -2.96. The number of H-pyrrole nitrogens is 1. The number of aromatic amines is 1. The summed E-state index contributed by atoms with van der Waals surface area (Å²) in [6, 6.07) is 7.36. The molecule has 0 radical (unpaired) electrons. The van der Waals surface area contributed by atoms with Crippen molar-refractivity contribution in [3.63, 3.8) is 0 Å². The van der Waals surface area contributed by atoms with E-state index in [9.17, 15) is 14.4 Å². The lowest BCUT2D eigenvalue weighted by Crippen LogP contribution is -2.43. The van der Waals surface area contributed by atoms with Crippen LogP contribution >= 0.6 is 0 Å². The third-order valence-corrected chi connectivity index (χ3v) is 6.55. The molecular formula is C22H24N4O3. The van der Waals surface area contributed by atoms with Crippen LogP contribution in [0.15, 0.2) is 36.4 Å². The van der Waals surface area contributed by atoms with E-state index in [2.05, 4.69) is 27.4 Å². The number of nitrogens with one attached hydrogen (secondary N) is 2. The topological polar surface area (TPSA) is 95.2 Å². The van der Waals surface area contributed by atoms with Gasteiger partial charge in [-0.25, -0.2) is 4.98 Å². The molecule has 7 nitrogen and oxygen atoms in total. The number of rotatable bonds is 5. The van der Waals surface area contributed by atoms with Gasteiger partial charge in [-0.2, -0.15) is 0 Å². The summed E-state index contributed by atoms with van der Waals surface area (Å²) in [5.74, 6) is -0.235. The lowest BCUT2D eigenvalue weighted by Gasteiger charge is -2.22. The number of imidazole rings is 1. The molecule has 1 aliphatic heterocycles. The van der Waals surface area contributed by atoms with Gasteiger partial charge in [0.15, 0.2) is 0 Å². The van der Waals surface area contributed by atoms with Crippen molar-refractivity contribution < 1.29 is 14.4 Å². The molecule has 5 rings (SSSR count). The van der Waals surface area contributed by atoms with Crippen LogP contribution in [0.25, 0.3) is 11.0 Å². The van der Waals surface area contributed by atoms with Crippen molar-refractivity contribution in [1.29, 1.82) is 0 Å². The molecule has 2 N–H and O–H groups in total. The number of benzene rings is 1. The predicted octanol–water partition coefficient (Wildman–Crippen LogP) is 2.18. The van der Waals surface area contributed by atoms with Gasteiger partial charge in [0.1, 0.15) is 12.4 Å². The van der Waals surface area contributed by atoms with E-state index in [1.807, 2.05) is 38.1 Å². The number of hydrogen-bond donors (Lipinski definition) is 2. The number of imide groups is 1. The molecule has 0 unspecified atom stereocenters. The van der Waals surface area contributed by atoms with Gasteiger partial charge < -0.3 is 10.3 Å². The first-order valence-corrected chi connectivity index (χ1v) is 10.2. The van der Waals surface area contributed by atoms with Crippen molar-refractivity contribution in [2.75, 3.05) is 6.54 Å². The van der Waals surface area contributed by atoms with Gasteiger partial charge in [0, 0.05) is 0 Å². The Kier molecular flexibility index (Phi) is 4.08. The molecule has 3 amide bonds. The second-order valence-corrected chi connectivity index (χ2v) is 8.69. The lowest BCUT2D eigenvalue weighted by atomic mass is 9.85. The Morgan fingerprint density at radius 2 is 1.83 bits per heavy atom. The third-order valence-electron chi connectivity index (χ3n) is 6.55. The van der Waals surface area contributed by atoms with Gasteiger partial charge in [0.25, 0.3) is 0 Å². The summed E-state index contributed by atoms with van der Waals surface area (Å²) in [5.41, 5.74) is 1.74. The number of allylic oxidation sites excluding steroid dienone is 2. The summed E-state index contributed by atoms with van der Waals surface area (Å²) in [6.07, 6.45) is 4.99. The van der Waals surface area contributed by atoms with Gasteiger partial charge in [0.2, 0.25) is 17.7 Å². The van der Waals surface area contributed by atoms with Crippen LogP contribution in [0.3, 0.4) is 0 Å². The molecule has 1 aromatic heterocycles. The number of carbonyl (C=O) groups is 3. The minimum Gasteiger partial charge on any atom is -0.344 e. The van der Waals surface area contributed by atoms with Crippen molar-refractivity contribution in [2.24, 2.45) is 29.6 Å². The van der Waals surface area contributed by atoms with E-state index >= 15 is 0 Å². The van der Waals surface area contributed by atoms with Crippen LogP contribution in [0.1, 0.15) is 32.1 Å². The SMILES string of the molecule is CC(C)[C@H](NC(=O)CN1C(=O)[C@@H]2[C@@H](C1=O)[C@H]1C=C[C@H]2C1)c1nc2ccccc2[nH]1. The number of carbonyl (C=O) groups excluding carboxylic acids is 3. The van der Waals surface area contributed by atoms with Crippen molar-refractivity contribution in [3.05, 3.63) is 42.2 Å². The van der Waals surface area contributed by atoms with Crippen LogP contribution in [0.4, 0.5) is 0 Å². The largest absolute Gasteiger partial charge is 0.344 e. The zero-order chi connectivity index (χ0) is 20.3. The standard InChI is InChI=1S/C22H24N4O3/c1-11(2)19(20-23-14-5-3-4-6-15(14)24-20)25-16(27)10-26-21(28)17-12-7-8-13(9-12)18(17)22(26)29/h3-8,11-13,17-19H,9-10H2,1-2H3,(H,23,24)(H,25,27)/t12-,13-,17-,18-,19-/m0/s1. The molecule has 2 heterocycles. The molecule has 5 atom stereocenters. The fourth-order valence-corrected chi connectivity index (χ4v) is 5.15. The number of fused-ring (bicyclic) bond motifs is 6. The maximum absolute atomic E-state index is 12.8. The number of likely N-dealkylation sites (tertiary alicyclic amines) is 1. The molecule has 150 valence electrons. The quantitative estimate of drug-likeness (QED) is 0.602. The average molecular weight is 392 g/mol. The summed E-state index contributed by atoms with van der Waals surface area (Å²) in [6.45, 7) is 3.77. The Morgan fingerprint density at radius 1 is 1.17 bits per heavy atom. The van der Waals surface area contributed by atoms with Crippen molar-refractivity contribution in [2.45, 2.75) is 26.3 Å². The van der Waals surface area contributed by atoms with Crippen LogP contribution in [0, 0.1) is 29.6 Å². The van der Waals surface area contributed by atoms with Gasteiger partial charge in [0.05, 0.1) is 28.9 Å². The van der Waals surface area contributed by atoms with Crippen LogP contribution < -0.4 is 5.32 Å². The molecule has 2 aliphatic carbocycles. The van der Waals surface area contributed by atoms with E-state index in [0.717, 1.165) is 22.4 Å². The molecular weight excluding hydrogens is 368 g/mol. The van der Waals surface area contributed by atoms with Crippen LogP contribution in [0.5, 0.6) is 0 Å². The second-order valence-electron chi connectivity index (χ2n) is 8.69. The monoisotopic (exact) mass is 392 g/mol. The van der Waals surface area contributed by atoms with Gasteiger partial charge in [-0.3, -0.25) is 19.3 Å². The number of hydrogen-bond acceptors (Lipinski definition) is 4. The minimum absolute atomic E-state index is 0.0870. The van der Waals surface area contributed by atoms with E-state index in [-0.39, 0.29) is 59.9 Å². The fraction of sp³-hybridized carbons (Fsp3) is 0.455. The smallest absolute Gasteiger partial charge is 0.240 e. The van der Waals surface area contributed by atoms with E-state index in [1.165, 1.54) is 0 Å². The first-order chi connectivity index (χ1) is 13.9. The number of nitrogens with zero attached hydrogens (tertiary/aromatic N) is 2. The molecule has 2 bridgehead atoms. The molecule has 1 saturated carbocycles. The summed E-state index contributed by atoms with van der Waals surface area (Å²) >= 11 is 0. The Labute approximate surface area is 168 Å². The molecule has 3 aliphatic rings. The van der Waals surface area contributed by atoms with Gasteiger partial charge in [-0.05, 0) is 36.3 Å².